The van der Waals surface area contributed by atoms with Crippen molar-refractivity contribution in [3.63, 3.8) is 0 Å². The Bertz CT molecular complexity index is 3920. The van der Waals surface area contributed by atoms with E-state index in [-0.39, 0.29) is 10.8 Å². The molecule has 0 spiro atoms. The molecule has 5 heteroatoms. The lowest BCUT2D eigenvalue weighted by atomic mass is 9.62. The SMILES string of the molecule is CC1(C)CCC(C)(C)c2c1ccc1c3cc4c(cc3n(-c3ccccc3)c21)c1c2ccccc2ccc1n4-c1nc(-c2ccccc2)nc(-c2cccc(-c3cccc4ccccc34)c2)n1. The Hall–Kier alpha value is -7.89. The molecule has 0 radical (unpaired) electrons. The van der Waals surface area contributed by atoms with Gasteiger partial charge in [-0.15, -0.1) is 0 Å². The third-order valence-corrected chi connectivity index (χ3v) is 14.6. The monoisotopic (exact) mass is 849 g/mol. The molecule has 3 aromatic heterocycles. The van der Waals surface area contributed by atoms with Crippen molar-refractivity contribution in [1.29, 1.82) is 0 Å². The lowest BCUT2D eigenvalue weighted by Gasteiger charge is -2.42. The van der Waals surface area contributed by atoms with E-state index in [2.05, 4.69) is 207 Å². The van der Waals surface area contributed by atoms with Crippen LogP contribution in [0, 0.1) is 0 Å². The molecule has 0 bridgehead atoms. The number of fused-ring (bicyclic) bond motifs is 11. The Balaban J connectivity index is 1.14. The van der Waals surface area contributed by atoms with Gasteiger partial charge >= 0.3 is 0 Å². The van der Waals surface area contributed by atoms with E-state index in [1.54, 1.807) is 0 Å². The minimum Gasteiger partial charge on any atom is -0.309 e. The zero-order valence-corrected chi connectivity index (χ0v) is 37.5. The second-order valence-corrected chi connectivity index (χ2v) is 19.5. The highest BCUT2D eigenvalue weighted by Gasteiger charge is 2.40. The summed E-state index contributed by atoms with van der Waals surface area (Å²) in [6, 6.07) is 67.9. The number of benzene rings is 9. The summed E-state index contributed by atoms with van der Waals surface area (Å²) in [6.45, 7) is 9.73. The first-order valence-corrected chi connectivity index (χ1v) is 23.2. The van der Waals surface area contributed by atoms with Crippen molar-refractivity contribution in [3.05, 3.63) is 199 Å². The van der Waals surface area contributed by atoms with E-state index < -0.39 is 0 Å². The van der Waals surface area contributed by atoms with Crippen molar-refractivity contribution >= 4 is 65.2 Å². The first kappa shape index (κ1) is 38.6. The van der Waals surface area contributed by atoms with E-state index in [4.69, 9.17) is 15.0 Å². The third-order valence-electron chi connectivity index (χ3n) is 14.6. The molecule has 66 heavy (non-hydrogen) atoms. The highest BCUT2D eigenvalue weighted by Crippen LogP contribution is 2.51. The predicted octanol–water partition coefficient (Wildman–Crippen LogP) is 15.7. The summed E-state index contributed by atoms with van der Waals surface area (Å²) in [5, 5.41) is 9.61. The summed E-state index contributed by atoms with van der Waals surface area (Å²) in [5.41, 5.74) is 12.9. The highest BCUT2D eigenvalue weighted by atomic mass is 15.2. The van der Waals surface area contributed by atoms with Crippen LogP contribution in [0.15, 0.2) is 188 Å². The largest absolute Gasteiger partial charge is 0.309 e. The fourth-order valence-corrected chi connectivity index (χ4v) is 11.2. The van der Waals surface area contributed by atoms with Gasteiger partial charge in [0.1, 0.15) is 0 Å². The number of hydrogen-bond acceptors (Lipinski definition) is 3. The first-order chi connectivity index (χ1) is 32.2. The number of rotatable bonds is 5. The van der Waals surface area contributed by atoms with E-state index in [1.807, 2.05) is 18.2 Å². The molecule has 1 aliphatic carbocycles. The van der Waals surface area contributed by atoms with Crippen LogP contribution in [0.1, 0.15) is 51.7 Å². The molecular weight excluding hydrogens is 803 g/mol. The molecular formula is C61H47N5. The van der Waals surface area contributed by atoms with Gasteiger partial charge in [0.25, 0.3) is 0 Å². The number of hydrogen-bond donors (Lipinski definition) is 0. The van der Waals surface area contributed by atoms with Gasteiger partial charge in [0.2, 0.25) is 5.95 Å². The molecule has 0 unspecified atom stereocenters. The predicted molar refractivity (Wildman–Crippen MR) is 275 cm³/mol. The van der Waals surface area contributed by atoms with Crippen molar-refractivity contribution in [1.82, 2.24) is 24.1 Å². The Morgan fingerprint density at radius 3 is 1.82 bits per heavy atom. The fourth-order valence-electron chi connectivity index (χ4n) is 11.2. The minimum atomic E-state index is -0.0110. The van der Waals surface area contributed by atoms with Gasteiger partial charge < -0.3 is 4.57 Å². The summed E-state index contributed by atoms with van der Waals surface area (Å²) in [4.78, 5) is 16.1. The van der Waals surface area contributed by atoms with Gasteiger partial charge in [-0.25, -0.2) is 4.98 Å². The lowest BCUT2D eigenvalue weighted by molar-refractivity contribution is 0.334. The molecule has 0 fully saturated rings. The average Bonchev–Trinajstić information content (AvgIpc) is 3.87. The Morgan fingerprint density at radius 2 is 1.02 bits per heavy atom. The number of aromatic nitrogens is 5. The van der Waals surface area contributed by atoms with Crippen molar-refractivity contribution in [3.8, 4) is 45.5 Å². The maximum Gasteiger partial charge on any atom is 0.238 e. The van der Waals surface area contributed by atoms with Gasteiger partial charge in [-0.2, -0.15) is 9.97 Å². The molecule has 0 aliphatic heterocycles. The van der Waals surface area contributed by atoms with Crippen LogP contribution in [0.2, 0.25) is 0 Å². The zero-order valence-electron chi connectivity index (χ0n) is 37.5. The quantitative estimate of drug-likeness (QED) is 0.173. The number of para-hydroxylation sites is 1. The van der Waals surface area contributed by atoms with Crippen LogP contribution in [0.3, 0.4) is 0 Å². The first-order valence-electron chi connectivity index (χ1n) is 23.2. The fraction of sp³-hybridized carbons (Fsp3) is 0.131. The second kappa shape index (κ2) is 14.3. The van der Waals surface area contributed by atoms with E-state index in [0.717, 1.165) is 46.0 Å². The van der Waals surface area contributed by atoms with Crippen LogP contribution in [0.4, 0.5) is 0 Å². The van der Waals surface area contributed by atoms with Gasteiger partial charge in [0.05, 0.1) is 22.1 Å². The molecule has 316 valence electrons. The van der Waals surface area contributed by atoms with Gasteiger partial charge in [-0.05, 0) is 104 Å². The molecule has 9 aromatic carbocycles. The van der Waals surface area contributed by atoms with Crippen molar-refractivity contribution in [2.45, 2.75) is 51.4 Å². The van der Waals surface area contributed by atoms with Crippen LogP contribution < -0.4 is 0 Å². The van der Waals surface area contributed by atoms with E-state index in [1.165, 1.54) is 71.1 Å². The van der Waals surface area contributed by atoms with Crippen molar-refractivity contribution in [2.24, 2.45) is 0 Å². The standard InChI is InChI=1S/C61H47N5/c1-60(2)33-34-61(3,4)55-50(60)31-30-47-48-36-53-49(37-52(48)65(56(47)55)43-24-9-6-10-25-43)54-46-27-14-12-18-39(46)29-32-51(54)66(53)59-63-57(40-19-7-5-8-20-40)62-58(64-59)42-23-15-22-41(35-42)45-28-16-21-38-17-11-13-26-44(38)45/h5-32,35-37H,33-34H2,1-4H3. The highest BCUT2D eigenvalue weighted by molar-refractivity contribution is 6.25. The normalized spacial score (nSPS) is 14.5. The van der Waals surface area contributed by atoms with Crippen molar-refractivity contribution in [2.75, 3.05) is 0 Å². The van der Waals surface area contributed by atoms with Crippen LogP contribution in [0.25, 0.3) is 111 Å². The summed E-state index contributed by atoms with van der Waals surface area (Å²) in [6.07, 6.45) is 2.28. The maximum absolute atomic E-state index is 5.47. The number of nitrogens with zero attached hydrogens (tertiary/aromatic N) is 5. The lowest BCUT2D eigenvalue weighted by Crippen LogP contribution is -2.34. The smallest absolute Gasteiger partial charge is 0.238 e. The van der Waals surface area contributed by atoms with E-state index in [0.29, 0.717) is 17.6 Å². The molecule has 12 aromatic rings. The molecule has 0 saturated carbocycles. The molecule has 3 heterocycles. The maximum atomic E-state index is 5.47. The summed E-state index contributed by atoms with van der Waals surface area (Å²) in [5.74, 6) is 1.83. The topological polar surface area (TPSA) is 48.5 Å². The van der Waals surface area contributed by atoms with E-state index >= 15 is 0 Å². The molecule has 13 rings (SSSR count). The molecule has 1 aliphatic rings. The third kappa shape index (κ3) is 5.82. The van der Waals surface area contributed by atoms with Crippen LogP contribution >= 0.6 is 0 Å². The van der Waals surface area contributed by atoms with E-state index in [9.17, 15) is 0 Å². The molecule has 5 nitrogen and oxygen atoms in total. The molecule has 0 amide bonds. The van der Waals surface area contributed by atoms with Gasteiger partial charge in [0.15, 0.2) is 11.6 Å². The Morgan fingerprint density at radius 1 is 0.409 bits per heavy atom. The zero-order chi connectivity index (χ0) is 44.3. The van der Waals surface area contributed by atoms with Gasteiger partial charge in [-0.3, -0.25) is 4.57 Å². The van der Waals surface area contributed by atoms with Gasteiger partial charge in [-0.1, -0.05) is 179 Å². The van der Waals surface area contributed by atoms with Crippen LogP contribution in [-0.2, 0) is 10.8 Å². The summed E-state index contributed by atoms with van der Waals surface area (Å²) < 4.78 is 4.84. The molecule has 0 saturated heterocycles. The van der Waals surface area contributed by atoms with Crippen molar-refractivity contribution < 1.29 is 0 Å². The Kier molecular flexibility index (Phi) is 8.36. The Labute approximate surface area is 383 Å². The van der Waals surface area contributed by atoms with Gasteiger partial charge in [0, 0.05) is 38.4 Å². The molecule has 0 atom stereocenters. The second-order valence-electron chi connectivity index (χ2n) is 19.5. The minimum absolute atomic E-state index is 0.0110. The van der Waals surface area contributed by atoms with Crippen LogP contribution in [-0.4, -0.2) is 24.1 Å². The van der Waals surface area contributed by atoms with Crippen LogP contribution in [0.5, 0.6) is 0 Å². The average molecular weight is 850 g/mol. The summed E-state index contributed by atoms with van der Waals surface area (Å²) >= 11 is 0. The molecule has 0 N–H and O–H groups in total. The summed E-state index contributed by atoms with van der Waals surface area (Å²) in [7, 11) is 0.